The average Bonchev–Trinajstić information content (AvgIpc) is 3.15. The first-order valence-corrected chi connectivity index (χ1v) is 7.95. The first-order chi connectivity index (χ1) is 10.9. The Kier molecular flexibility index (Phi) is 2.51. The number of fused-ring (bicyclic) bond motifs is 4. The Morgan fingerprint density at radius 3 is 2.95 bits per heavy atom. The third-order valence-corrected chi connectivity index (χ3v) is 5.24. The summed E-state index contributed by atoms with van der Waals surface area (Å²) in [5.41, 5.74) is 6.96. The molecule has 1 aliphatic carbocycles. The van der Waals surface area contributed by atoms with Crippen molar-refractivity contribution in [3.63, 3.8) is 0 Å². The van der Waals surface area contributed by atoms with Crippen molar-refractivity contribution in [2.45, 2.75) is 25.3 Å². The van der Waals surface area contributed by atoms with Gasteiger partial charge >= 0.3 is 0 Å². The van der Waals surface area contributed by atoms with E-state index < -0.39 is 0 Å². The summed E-state index contributed by atoms with van der Waals surface area (Å²) in [5.74, 6) is 0.619. The highest BCUT2D eigenvalue weighted by Crippen LogP contribution is 2.46. The van der Waals surface area contributed by atoms with E-state index in [0.717, 1.165) is 12.8 Å². The van der Waals surface area contributed by atoms with Crippen molar-refractivity contribution in [1.29, 1.82) is 0 Å². The molecule has 0 radical (unpaired) electrons. The standard InChI is InChI=1S/C19H17N3/c1-2-4-17-16(3-1)18-11-21-12-22(18)19(17)14-6-5-13-7-8-20-10-15(13)9-14/h1-4,7-8,10-12,14,19H,5-6,9H2/t14-,19+/m1/s1. The molecule has 0 spiro atoms. The second-order valence-corrected chi connectivity index (χ2v) is 6.37. The van der Waals surface area contributed by atoms with E-state index in [2.05, 4.69) is 51.1 Å². The van der Waals surface area contributed by atoms with Gasteiger partial charge in [0.05, 0.1) is 24.3 Å². The minimum atomic E-state index is 0.419. The lowest BCUT2D eigenvalue weighted by Gasteiger charge is -2.30. The van der Waals surface area contributed by atoms with E-state index in [0.29, 0.717) is 12.0 Å². The van der Waals surface area contributed by atoms with Crippen LogP contribution >= 0.6 is 0 Å². The topological polar surface area (TPSA) is 30.7 Å². The van der Waals surface area contributed by atoms with Crippen LogP contribution in [-0.4, -0.2) is 14.5 Å². The zero-order valence-corrected chi connectivity index (χ0v) is 12.3. The molecule has 0 amide bonds. The molecule has 0 bridgehead atoms. The number of rotatable bonds is 1. The molecule has 3 nitrogen and oxygen atoms in total. The van der Waals surface area contributed by atoms with E-state index in [-0.39, 0.29) is 0 Å². The van der Waals surface area contributed by atoms with Gasteiger partial charge in [-0.3, -0.25) is 4.98 Å². The van der Waals surface area contributed by atoms with Crippen molar-refractivity contribution >= 4 is 0 Å². The molecule has 3 aromatic rings. The summed E-state index contributed by atoms with van der Waals surface area (Å²) in [6.07, 6.45) is 11.5. The van der Waals surface area contributed by atoms with E-state index in [9.17, 15) is 0 Å². The molecule has 5 rings (SSSR count). The maximum absolute atomic E-state index is 4.38. The number of imidazole rings is 1. The van der Waals surface area contributed by atoms with Crippen molar-refractivity contribution < 1.29 is 0 Å². The van der Waals surface area contributed by atoms with Gasteiger partial charge in [-0.05, 0) is 47.9 Å². The van der Waals surface area contributed by atoms with E-state index in [1.165, 1.54) is 34.4 Å². The van der Waals surface area contributed by atoms with Crippen LogP contribution < -0.4 is 0 Å². The smallest absolute Gasteiger partial charge is 0.0956 e. The van der Waals surface area contributed by atoms with Crippen molar-refractivity contribution in [2.75, 3.05) is 0 Å². The minimum Gasteiger partial charge on any atom is -0.323 e. The molecule has 22 heavy (non-hydrogen) atoms. The SMILES string of the molecule is c1ccc2c(c1)-c1cncn1[C@H]2[C@@H]1CCc2ccncc2C1. The number of nitrogens with zero attached hydrogens (tertiary/aromatic N) is 3. The molecule has 1 aromatic carbocycles. The number of aryl methyl sites for hydroxylation is 1. The molecule has 2 aliphatic rings. The van der Waals surface area contributed by atoms with Gasteiger partial charge in [0, 0.05) is 18.0 Å². The van der Waals surface area contributed by atoms with Gasteiger partial charge in [0.2, 0.25) is 0 Å². The van der Waals surface area contributed by atoms with Gasteiger partial charge in [-0.25, -0.2) is 4.98 Å². The molecule has 0 unspecified atom stereocenters. The molecule has 0 saturated carbocycles. The van der Waals surface area contributed by atoms with Crippen LogP contribution in [-0.2, 0) is 12.8 Å². The predicted octanol–water partition coefficient (Wildman–Crippen LogP) is 3.65. The lowest BCUT2D eigenvalue weighted by atomic mass is 9.78. The summed E-state index contributed by atoms with van der Waals surface area (Å²) in [5, 5.41) is 0. The average molecular weight is 287 g/mol. The molecule has 0 fully saturated rings. The molecule has 0 N–H and O–H groups in total. The van der Waals surface area contributed by atoms with Crippen molar-refractivity contribution in [1.82, 2.24) is 14.5 Å². The Hall–Kier alpha value is -2.42. The number of pyridine rings is 1. The molecule has 3 heteroatoms. The molecule has 108 valence electrons. The fourth-order valence-corrected chi connectivity index (χ4v) is 4.23. The maximum Gasteiger partial charge on any atom is 0.0956 e. The fraction of sp³-hybridized carbons (Fsp3) is 0.263. The van der Waals surface area contributed by atoms with Gasteiger partial charge in [0.25, 0.3) is 0 Å². The Morgan fingerprint density at radius 1 is 1.00 bits per heavy atom. The van der Waals surface area contributed by atoms with E-state index in [1.54, 1.807) is 0 Å². The first kappa shape index (κ1) is 12.2. The minimum absolute atomic E-state index is 0.419. The fourth-order valence-electron chi connectivity index (χ4n) is 4.23. The molecule has 3 heterocycles. The molecule has 0 saturated heterocycles. The van der Waals surface area contributed by atoms with Gasteiger partial charge in [-0.2, -0.15) is 0 Å². The Balaban J connectivity index is 1.60. The molecular formula is C19H17N3. The second kappa shape index (κ2) is 4.54. The van der Waals surface area contributed by atoms with Crippen LogP contribution in [0, 0.1) is 5.92 Å². The number of aromatic nitrogens is 3. The third kappa shape index (κ3) is 1.62. The van der Waals surface area contributed by atoms with Gasteiger partial charge in [-0.1, -0.05) is 24.3 Å². The highest BCUT2D eigenvalue weighted by Gasteiger charge is 2.35. The van der Waals surface area contributed by atoms with Gasteiger partial charge < -0.3 is 4.57 Å². The second-order valence-electron chi connectivity index (χ2n) is 6.37. The monoisotopic (exact) mass is 287 g/mol. The van der Waals surface area contributed by atoms with Crippen LogP contribution in [0.1, 0.15) is 29.2 Å². The van der Waals surface area contributed by atoms with Gasteiger partial charge in [0.15, 0.2) is 0 Å². The van der Waals surface area contributed by atoms with Crippen molar-refractivity contribution in [3.8, 4) is 11.3 Å². The summed E-state index contributed by atoms with van der Waals surface area (Å²) < 4.78 is 2.37. The van der Waals surface area contributed by atoms with E-state index in [4.69, 9.17) is 0 Å². The van der Waals surface area contributed by atoms with Crippen molar-refractivity contribution in [3.05, 3.63) is 71.9 Å². The van der Waals surface area contributed by atoms with E-state index >= 15 is 0 Å². The normalized spacial score (nSPS) is 22.0. The quantitative estimate of drug-likeness (QED) is 0.684. The van der Waals surface area contributed by atoms with Crippen molar-refractivity contribution in [2.24, 2.45) is 5.92 Å². The lowest BCUT2D eigenvalue weighted by molar-refractivity contribution is 0.347. The highest BCUT2D eigenvalue weighted by atomic mass is 15.1. The lowest BCUT2D eigenvalue weighted by Crippen LogP contribution is -2.24. The van der Waals surface area contributed by atoms with Gasteiger partial charge in [0.1, 0.15) is 0 Å². The largest absolute Gasteiger partial charge is 0.323 e. The Bertz CT molecular complexity index is 849. The van der Waals surface area contributed by atoms with Crippen LogP contribution in [0.5, 0.6) is 0 Å². The summed E-state index contributed by atoms with van der Waals surface area (Å²) in [7, 11) is 0. The molecule has 2 atom stereocenters. The number of hydrogen-bond acceptors (Lipinski definition) is 2. The Morgan fingerprint density at radius 2 is 1.95 bits per heavy atom. The van der Waals surface area contributed by atoms with Gasteiger partial charge in [-0.15, -0.1) is 0 Å². The summed E-state index contributed by atoms with van der Waals surface area (Å²) in [6.45, 7) is 0. The zero-order chi connectivity index (χ0) is 14.5. The summed E-state index contributed by atoms with van der Waals surface area (Å²) >= 11 is 0. The maximum atomic E-state index is 4.38. The van der Waals surface area contributed by atoms with Crippen LogP contribution in [0.2, 0.25) is 0 Å². The van der Waals surface area contributed by atoms with Crippen LogP contribution in [0.3, 0.4) is 0 Å². The molecular weight excluding hydrogens is 270 g/mol. The van der Waals surface area contributed by atoms with Crippen LogP contribution in [0.15, 0.2) is 55.2 Å². The van der Waals surface area contributed by atoms with Crippen LogP contribution in [0.25, 0.3) is 11.3 Å². The van der Waals surface area contributed by atoms with Crippen LogP contribution in [0.4, 0.5) is 0 Å². The summed E-state index contributed by atoms with van der Waals surface area (Å²) in [4.78, 5) is 8.70. The summed E-state index contributed by atoms with van der Waals surface area (Å²) in [6, 6.07) is 11.4. The number of hydrogen-bond donors (Lipinski definition) is 0. The van der Waals surface area contributed by atoms with E-state index in [1.807, 2.05) is 18.7 Å². The molecule has 2 aromatic heterocycles. The Labute approximate surface area is 129 Å². The first-order valence-electron chi connectivity index (χ1n) is 7.95. The zero-order valence-electron chi connectivity index (χ0n) is 12.3. The third-order valence-electron chi connectivity index (χ3n) is 5.24. The highest BCUT2D eigenvalue weighted by molar-refractivity contribution is 5.69. The number of benzene rings is 1. The predicted molar refractivity (Wildman–Crippen MR) is 85.6 cm³/mol. The molecule has 1 aliphatic heterocycles.